The zero-order chi connectivity index (χ0) is 9.30. The Kier molecular flexibility index (Phi) is 2.38. The lowest BCUT2D eigenvalue weighted by Gasteiger charge is -2.05. The van der Waals surface area contributed by atoms with Crippen LogP contribution in [0.3, 0.4) is 0 Å². The molecule has 0 saturated carbocycles. The van der Waals surface area contributed by atoms with E-state index in [-0.39, 0.29) is 6.04 Å². The maximum Gasteiger partial charge on any atom is 0.106 e. The van der Waals surface area contributed by atoms with E-state index in [9.17, 15) is 0 Å². The first kappa shape index (κ1) is 9.07. The fourth-order valence-corrected chi connectivity index (χ4v) is 1.42. The highest BCUT2D eigenvalue weighted by Crippen LogP contribution is 2.25. The molecule has 0 bridgehead atoms. The molecule has 1 aromatic rings. The third-order valence-electron chi connectivity index (χ3n) is 2.20. The number of nitrogens with two attached hydrogens (primary N) is 1. The molecule has 0 spiro atoms. The van der Waals surface area contributed by atoms with Crippen LogP contribution in [0.2, 0.25) is 0 Å². The summed E-state index contributed by atoms with van der Waals surface area (Å²) in [5, 5.41) is 0. The highest BCUT2D eigenvalue weighted by molar-refractivity contribution is 5.35. The third kappa shape index (κ3) is 1.30. The fourth-order valence-electron chi connectivity index (χ4n) is 1.42. The second kappa shape index (κ2) is 3.15. The summed E-state index contributed by atoms with van der Waals surface area (Å²) in [7, 11) is 0. The van der Waals surface area contributed by atoms with Crippen molar-refractivity contribution in [2.24, 2.45) is 5.73 Å². The number of furan rings is 1. The van der Waals surface area contributed by atoms with Crippen molar-refractivity contribution in [3.63, 3.8) is 0 Å². The van der Waals surface area contributed by atoms with Crippen molar-refractivity contribution in [1.82, 2.24) is 0 Å². The Bertz CT molecular complexity index is 299. The molecule has 1 rings (SSSR count). The van der Waals surface area contributed by atoms with Gasteiger partial charge in [0.25, 0.3) is 0 Å². The molecule has 0 aromatic carbocycles. The molecule has 1 unspecified atom stereocenters. The van der Waals surface area contributed by atoms with Gasteiger partial charge in [0, 0.05) is 5.56 Å². The third-order valence-corrected chi connectivity index (χ3v) is 2.20. The Morgan fingerprint density at radius 3 is 2.25 bits per heavy atom. The van der Waals surface area contributed by atoms with Crippen LogP contribution in [0.25, 0.3) is 0 Å². The van der Waals surface area contributed by atoms with Gasteiger partial charge in [-0.2, -0.15) is 0 Å². The molecule has 66 valence electrons. The van der Waals surface area contributed by atoms with E-state index in [2.05, 4.69) is 6.58 Å². The molecule has 0 aliphatic carbocycles. The van der Waals surface area contributed by atoms with E-state index >= 15 is 0 Å². The first-order valence-electron chi connectivity index (χ1n) is 4.02. The average Bonchev–Trinajstić information content (AvgIpc) is 2.26. The normalized spacial score (nSPS) is 13.0. The molecule has 0 amide bonds. The molecule has 2 N–H and O–H groups in total. The van der Waals surface area contributed by atoms with Crippen LogP contribution in [-0.4, -0.2) is 0 Å². The smallest absolute Gasteiger partial charge is 0.106 e. The first-order valence-corrected chi connectivity index (χ1v) is 4.02. The van der Waals surface area contributed by atoms with Crippen molar-refractivity contribution in [3.8, 4) is 0 Å². The Labute approximate surface area is 73.1 Å². The predicted octanol–water partition coefficient (Wildman–Crippen LogP) is 2.39. The van der Waals surface area contributed by atoms with Crippen LogP contribution in [0, 0.1) is 20.8 Å². The molecule has 2 nitrogen and oxygen atoms in total. The topological polar surface area (TPSA) is 39.2 Å². The van der Waals surface area contributed by atoms with Crippen LogP contribution < -0.4 is 5.73 Å². The van der Waals surface area contributed by atoms with Gasteiger partial charge in [-0.05, 0) is 26.3 Å². The SMILES string of the molecule is C=CC(N)c1c(C)oc(C)c1C. The number of rotatable bonds is 2. The Morgan fingerprint density at radius 1 is 1.33 bits per heavy atom. The predicted molar refractivity (Wildman–Crippen MR) is 50.0 cm³/mol. The molecular formula is C10H15NO. The molecule has 0 fully saturated rings. The summed E-state index contributed by atoms with van der Waals surface area (Å²) >= 11 is 0. The van der Waals surface area contributed by atoms with E-state index in [4.69, 9.17) is 10.2 Å². The average molecular weight is 165 g/mol. The summed E-state index contributed by atoms with van der Waals surface area (Å²) in [5.74, 6) is 1.84. The monoisotopic (exact) mass is 165 g/mol. The maximum atomic E-state index is 5.83. The Morgan fingerprint density at radius 2 is 1.92 bits per heavy atom. The second-order valence-corrected chi connectivity index (χ2v) is 3.01. The lowest BCUT2D eigenvalue weighted by atomic mass is 10.0. The van der Waals surface area contributed by atoms with Crippen molar-refractivity contribution in [2.45, 2.75) is 26.8 Å². The molecule has 12 heavy (non-hydrogen) atoms. The van der Waals surface area contributed by atoms with Crippen LogP contribution >= 0.6 is 0 Å². The van der Waals surface area contributed by atoms with E-state index < -0.39 is 0 Å². The first-order chi connectivity index (χ1) is 5.57. The molecule has 1 atom stereocenters. The zero-order valence-electron chi connectivity index (χ0n) is 7.85. The molecule has 0 aliphatic rings. The number of hydrogen-bond acceptors (Lipinski definition) is 2. The van der Waals surface area contributed by atoms with Gasteiger partial charge in [0.1, 0.15) is 11.5 Å². The lowest BCUT2D eigenvalue weighted by molar-refractivity contribution is 0.498. The summed E-state index contributed by atoms with van der Waals surface area (Å²) in [4.78, 5) is 0. The van der Waals surface area contributed by atoms with Gasteiger partial charge >= 0.3 is 0 Å². The van der Waals surface area contributed by atoms with Gasteiger partial charge in [0.2, 0.25) is 0 Å². The van der Waals surface area contributed by atoms with Crippen LogP contribution in [0.4, 0.5) is 0 Å². The van der Waals surface area contributed by atoms with Gasteiger partial charge in [-0.3, -0.25) is 0 Å². The fraction of sp³-hybridized carbons (Fsp3) is 0.400. The van der Waals surface area contributed by atoms with E-state index in [1.165, 1.54) is 0 Å². The van der Waals surface area contributed by atoms with Crippen LogP contribution in [-0.2, 0) is 0 Å². The highest BCUT2D eigenvalue weighted by atomic mass is 16.3. The summed E-state index contributed by atoms with van der Waals surface area (Å²) in [6.07, 6.45) is 1.73. The molecule has 1 aromatic heterocycles. The lowest BCUT2D eigenvalue weighted by Crippen LogP contribution is -2.08. The second-order valence-electron chi connectivity index (χ2n) is 3.01. The van der Waals surface area contributed by atoms with E-state index in [1.54, 1.807) is 6.08 Å². The highest BCUT2D eigenvalue weighted by Gasteiger charge is 2.14. The van der Waals surface area contributed by atoms with Gasteiger partial charge in [0.15, 0.2) is 0 Å². The molecular weight excluding hydrogens is 150 g/mol. The largest absolute Gasteiger partial charge is 0.466 e. The molecule has 1 heterocycles. The van der Waals surface area contributed by atoms with Gasteiger partial charge < -0.3 is 10.2 Å². The zero-order valence-corrected chi connectivity index (χ0v) is 7.85. The molecule has 0 radical (unpaired) electrons. The van der Waals surface area contributed by atoms with Gasteiger partial charge in [-0.15, -0.1) is 6.58 Å². The number of hydrogen-bond donors (Lipinski definition) is 1. The summed E-state index contributed by atoms with van der Waals surface area (Å²) < 4.78 is 5.44. The van der Waals surface area contributed by atoms with Gasteiger partial charge in [-0.25, -0.2) is 0 Å². The van der Waals surface area contributed by atoms with Crippen LogP contribution in [0.5, 0.6) is 0 Å². The van der Waals surface area contributed by atoms with E-state index in [0.29, 0.717) is 0 Å². The minimum Gasteiger partial charge on any atom is -0.466 e. The molecule has 0 aliphatic heterocycles. The molecule has 0 saturated heterocycles. The van der Waals surface area contributed by atoms with E-state index in [0.717, 1.165) is 22.6 Å². The van der Waals surface area contributed by atoms with Crippen molar-refractivity contribution in [3.05, 3.63) is 35.3 Å². The maximum absolute atomic E-state index is 5.83. The van der Waals surface area contributed by atoms with Crippen molar-refractivity contribution in [1.29, 1.82) is 0 Å². The van der Waals surface area contributed by atoms with Crippen LogP contribution in [0.15, 0.2) is 17.1 Å². The molecule has 2 heteroatoms. The number of aryl methyl sites for hydroxylation is 2. The van der Waals surface area contributed by atoms with Gasteiger partial charge in [-0.1, -0.05) is 6.08 Å². The van der Waals surface area contributed by atoms with E-state index in [1.807, 2.05) is 20.8 Å². The summed E-state index contributed by atoms with van der Waals surface area (Å²) in [5.41, 5.74) is 8.04. The van der Waals surface area contributed by atoms with Crippen molar-refractivity contribution >= 4 is 0 Å². The van der Waals surface area contributed by atoms with Crippen molar-refractivity contribution < 1.29 is 4.42 Å². The Hall–Kier alpha value is -1.02. The minimum absolute atomic E-state index is 0.109. The Balaban J connectivity index is 3.21. The standard InChI is InChI=1S/C10H15NO/c1-5-9(11)10-6(2)7(3)12-8(10)4/h5,9H,1,11H2,2-4H3. The minimum atomic E-state index is -0.109. The van der Waals surface area contributed by atoms with Gasteiger partial charge in [0.05, 0.1) is 6.04 Å². The van der Waals surface area contributed by atoms with Crippen LogP contribution in [0.1, 0.15) is 28.7 Å². The summed E-state index contributed by atoms with van der Waals surface area (Å²) in [6.45, 7) is 9.56. The van der Waals surface area contributed by atoms with Crippen molar-refractivity contribution in [2.75, 3.05) is 0 Å². The summed E-state index contributed by atoms with van der Waals surface area (Å²) in [6, 6.07) is -0.109. The quantitative estimate of drug-likeness (QED) is 0.683.